The molecule has 1 aromatic carbocycles. The number of likely N-dealkylation sites (N-methyl/N-ethyl adjacent to an activating group) is 2. The van der Waals surface area contributed by atoms with Crippen LogP contribution in [0.2, 0.25) is 5.02 Å². The van der Waals surface area contributed by atoms with Gasteiger partial charge in [0.1, 0.15) is 40.4 Å². The number of amidine groups is 1. The van der Waals surface area contributed by atoms with Crippen molar-refractivity contribution in [2.75, 3.05) is 25.0 Å². The first kappa shape index (κ1) is 21.3. The van der Waals surface area contributed by atoms with E-state index in [4.69, 9.17) is 22.1 Å². The number of hydrazine groups is 1. The largest absolute Gasteiger partial charge is 0.487 e. The third-order valence-electron chi connectivity index (χ3n) is 4.53. The quantitative estimate of drug-likeness (QED) is 0.576. The first-order chi connectivity index (χ1) is 13.9. The van der Waals surface area contributed by atoms with E-state index < -0.39 is 12.0 Å². The van der Waals surface area contributed by atoms with E-state index in [9.17, 15) is 9.18 Å². The average molecular weight is 423 g/mol. The number of fused-ring (bicyclic) bond motifs is 1. The highest BCUT2D eigenvalue weighted by Gasteiger charge is 2.31. The molecular formula is C19H24ClFN6O2. The predicted molar refractivity (Wildman–Crippen MR) is 111 cm³/mol. The van der Waals surface area contributed by atoms with Crippen LogP contribution in [-0.2, 0) is 4.79 Å². The molecule has 2 heterocycles. The van der Waals surface area contributed by atoms with Crippen molar-refractivity contribution in [2.45, 2.75) is 26.1 Å². The second-order valence-electron chi connectivity index (χ2n) is 6.60. The Labute approximate surface area is 173 Å². The molecular weight excluding hydrogens is 399 g/mol. The second kappa shape index (κ2) is 8.91. The molecule has 0 spiro atoms. The lowest BCUT2D eigenvalue weighted by molar-refractivity contribution is -0.105. The maximum Gasteiger partial charge on any atom is 0.158 e. The Kier molecular flexibility index (Phi) is 6.53. The third kappa shape index (κ3) is 4.13. The summed E-state index contributed by atoms with van der Waals surface area (Å²) in [4.78, 5) is 17.7. The molecule has 3 rings (SSSR count). The zero-order valence-electron chi connectivity index (χ0n) is 16.4. The number of carbonyl (C=O) groups is 1. The van der Waals surface area contributed by atoms with Gasteiger partial charge in [-0.2, -0.15) is 0 Å². The molecule has 2 unspecified atom stereocenters. The summed E-state index contributed by atoms with van der Waals surface area (Å²) in [5, 5.41) is 4.55. The monoisotopic (exact) mass is 422 g/mol. The predicted octanol–water partition coefficient (Wildman–Crippen LogP) is 1.73. The van der Waals surface area contributed by atoms with Gasteiger partial charge >= 0.3 is 0 Å². The van der Waals surface area contributed by atoms with Crippen LogP contribution in [0.3, 0.4) is 0 Å². The lowest BCUT2D eigenvalue weighted by Gasteiger charge is -2.30. The summed E-state index contributed by atoms with van der Waals surface area (Å²) in [5.74, 6) is 0.744. The van der Waals surface area contributed by atoms with Crippen molar-refractivity contribution >= 4 is 29.4 Å². The molecule has 0 amide bonds. The SMILES string of the molecule is CCN(C1=NC2=C(C=O)C(N)NN2C=C1)c1c(OC(C)CNC)ccc(F)c1Cl. The fourth-order valence-corrected chi connectivity index (χ4v) is 3.46. The van der Waals surface area contributed by atoms with Crippen molar-refractivity contribution in [1.29, 1.82) is 0 Å². The Morgan fingerprint density at radius 2 is 2.31 bits per heavy atom. The van der Waals surface area contributed by atoms with Gasteiger partial charge in [0.2, 0.25) is 0 Å². The van der Waals surface area contributed by atoms with E-state index >= 15 is 0 Å². The maximum absolute atomic E-state index is 14.3. The van der Waals surface area contributed by atoms with Crippen molar-refractivity contribution in [3.63, 3.8) is 0 Å². The number of anilines is 1. The van der Waals surface area contributed by atoms with Gasteiger partial charge in [0.15, 0.2) is 12.1 Å². The standard InChI is InChI=1S/C19H24ClFN6O2/c1-4-26(15-7-8-27-19(24-15)12(10-28)18(22)25-27)17-14(29-11(2)9-23-3)6-5-13(21)16(17)20/h5-8,10-11,18,23,25H,4,9,22H2,1-3H3. The highest BCUT2D eigenvalue weighted by molar-refractivity contribution is 6.34. The summed E-state index contributed by atoms with van der Waals surface area (Å²) < 4.78 is 20.3. The van der Waals surface area contributed by atoms with Crippen LogP contribution in [0.4, 0.5) is 10.1 Å². The van der Waals surface area contributed by atoms with Crippen molar-refractivity contribution < 1.29 is 13.9 Å². The number of aldehydes is 1. The smallest absolute Gasteiger partial charge is 0.158 e. The Balaban J connectivity index is 2.05. The summed E-state index contributed by atoms with van der Waals surface area (Å²) >= 11 is 6.34. The molecule has 2 aliphatic heterocycles. The van der Waals surface area contributed by atoms with E-state index in [0.29, 0.717) is 48.0 Å². The Morgan fingerprint density at radius 3 is 2.97 bits per heavy atom. The van der Waals surface area contributed by atoms with E-state index in [1.165, 1.54) is 6.07 Å². The van der Waals surface area contributed by atoms with Crippen molar-refractivity contribution in [3.05, 3.63) is 46.6 Å². The van der Waals surface area contributed by atoms with Gasteiger partial charge in [0, 0.05) is 19.3 Å². The van der Waals surface area contributed by atoms with Crippen LogP contribution in [0.1, 0.15) is 13.8 Å². The van der Waals surface area contributed by atoms with Gasteiger partial charge in [-0.1, -0.05) is 11.6 Å². The average Bonchev–Trinajstić information content (AvgIpc) is 3.02. The lowest BCUT2D eigenvalue weighted by atomic mass is 10.2. The van der Waals surface area contributed by atoms with Gasteiger partial charge in [-0.15, -0.1) is 0 Å². The molecule has 8 nitrogen and oxygen atoms in total. The minimum atomic E-state index is -0.649. The zero-order chi connectivity index (χ0) is 21.1. The first-order valence-electron chi connectivity index (χ1n) is 9.25. The Hall–Kier alpha value is -2.46. The van der Waals surface area contributed by atoms with Crippen molar-refractivity contribution in [1.82, 2.24) is 15.8 Å². The molecule has 0 aromatic heterocycles. The van der Waals surface area contributed by atoms with E-state index in [-0.39, 0.29) is 11.1 Å². The normalized spacial score (nSPS) is 19.2. The Bertz CT molecular complexity index is 888. The topological polar surface area (TPSA) is 95.2 Å². The molecule has 0 bridgehead atoms. The molecule has 0 aliphatic carbocycles. The second-order valence-corrected chi connectivity index (χ2v) is 6.98. The number of benzene rings is 1. The summed E-state index contributed by atoms with van der Waals surface area (Å²) in [5.41, 5.74) is 9.53. The molecule has 29 heavy (non-hydrogen) atoms. The number of carbonyl (C=O) groups excluding carboxylic acids is 1. The molecule has 0 radical (unpaired) electrons. The van der Waals surface area contributed by atoms with E-state index in [2.05, 4.69) is 15.7 Å². The number of nitrogens with zero attached hydrogens (tertiary/aromatic N) is 3. The molecule has 2 atom stereocenters. The van der Waals surface area contributed by atoms with Crippen LogP contribution >= 0.6 is 11.6 Å². The number of hydrogen-bond acceptors (Lipinski definition) is 8. The maximum atomic E-state index is 14.3. The van der Waals surface area contributed by atoms with Crippen LogP contribution in [0.15, 0.2) is 40.8 Å². The molecule has 2 aliphatic rings. The van der Waals surface area contributed by atoms with E-state index in [1.54, 1.807) is 28.3 Å². The van der Waals surface area contributed by atoms with Gasteiger partial charge in [0.25, 0.3) is 0 Å². The number of halogens is 2. The molecule has 156 valence electrons. The summed E-state index contributed by atoms with van der Waals surface area (Å²) in [7, 11) is 1.82. The van der Waals surface area contributed by atoms with Gasteiger partial charge in [-0.05, 0) is 39.1 Å². The fraction of sp³-hybridized carbons (Fsp3) is 0.368. The van der Waals surface area contributed by atoms with Crippen molar-refractivity contribution in [3.8, 4) is 5.75 Å². The third-order valence-corrected chi connectivity index (χ3v) is 4.89. The summed E-state index contributed by atoms with van der Waals surface area (Å²) in [6, 6.07) is 2.82. The summed E-state index contributed by atoms with van der Waals surface area (Å²) in [6.07, 6.45) is 3.28. The van der Waals surface area contributed by atoms with Gasteiger partial charge < -0.3 is 20.7 Å². The first-order valence-corrected chi connectivity index (χ1v) is 9.63. The number of nitrogens with two attached hydrogens (primary N) is 1. The zero-order valence-corrected chi connectivity index (χ0v) is 17.2. The molecule has 10 heteroatoms. The van der Waals surface area contributed by atoms with Gasteiger partial charge in [0.05, 0.1) is 5.57 Å². The Morgan fingerprint density at radius 1 is 1.55 bits per heavy atom. The highest BCUT2D eigenvalue weighted by Crippen LogP contribution is 2.39. The minimum Gasteiger partial charge on any atom is -0.487 e. The molecule has 0 saturated heterocycles. The van der Waals surface area contributed by atoms with Crippen LogP contribution in [-0.4, -0.2) is 49.5 Å². The van der Waals surface area contributed by atoms with Crippen LogP contribution < -0.4 is 26.1 Å². The van der Waals surface area contributed by atoms with Gasteiger partial charge in [-0.25, -0.2) is 14.8 Å². The number of nitrogens with one attached hydrogen (secondary N) is 2. The lowest BCUT2D eigenvalue weighted by Crippen LogP contribution is -2.41. The minimum absolute atomic E-state index is 0.0645. The van der Waals surface area contributed by atoms with Crippen LogP contribution in [0.5, 0.6) is 5.75 Å². The number of hydrogen-bond donors (Lipinski definition) is 3. The van der Waals surface area contributed by atoms with Crippen LogP contribution in [0.25, 0.3) is 0 Å². The van der Waals surface area contributed by atoms with E-state index in [1.807, 2.05) is 20.9 Å². The molecule has 4 N–H and O–H groups in total. The number of aliphatic imine (C=N–C) groups is 1. The van der Waals surface area contributed by atoms with Crippen LogP contribution in [0, 0.1) is 5.82 Å². The number of rotatable bonds is 7. The highest BCUT2D eigenvalue weighted by atomic mass is 35.5. The molecule has 0 saturated carbocycles. The van der Waals surface area contributed by atoms with Crippen molar-refractivity contribution in [2.24, 2.45) is 10.7 Å². The van der Waals surface area contributed by atoms with E-state index in [0.717, 1.165) is 0 Å². The fourth-order valence-electron chi connectivity index (χ4n) is 3.20. The summed E-state index contributed by atoms with van der Waals surface area (Å²) in [6.45, 7) is 4.83. The molecule has 0 fully saturated rings. The van der Waals surface area contributed by atoms with Gasteiger partial charge in [-0.3, -0.25) is 9.80 Å². The number of ether oxygens (including phenoxy) is 1. The molecule has 1 aromatic rings.